The topological polar surface area (TPSA) is 101 Å². The number of nitrogens with zero attached hydrogens (tertiary/aromatic N) is 3. The minimum absolute atomic E-state index is 0.0441. The Balaban J connectivity index is 1.62. The maximum atomic E-state index is 13.0. The molecule has 29 heavy (non-hydrogen) atoms. The second-order valence-electron chi connectivity index (χ2n) is 6.88. The van der Waals surface area contributed by atoms with Crippen molar-refractivity contribution in [1.29, 1.82) is 0 Å². The smallest absolute Gasteiger partial charge is 0.335 e. The summed E-state index contributed by atoms with van der Waals surface area (Å²) in [5, 5.41) is 9.10. The number of methoxy groups -OCH3 is 1. The van der Waals surface area contributed by atoms with Crippen molar-refractivity contribution in [1.82, 2.24) is 9.88 Å². The van der Waals surface area contributed by atoms with E-state index >= 15 is 0 Å². The first-order chi connectivity index (χ1) is 14.0. The van der Waals surface area contributed by atoms with Gasteiger partial charge in [-0.1, -0.05) is 12.2 Å². The number of amides is 1. The molecule has 148 valence electrons. The number of carboxylic acid groups (broad SMARTS) is 1. The number of benzene rings is 1. The predicted molar refractivity (Wildman–Crippen MR) is 105 cm³/mol. The predicted octanol–water partition coefficient (Wildman–Crippen LogP) is 2.85. The highest BCUT2D eigenvalue weighted by atomic mass is 16.5. The molecule has 1 aromatic heterocycles. The Morgan fingerprint density at radius 3 is 2.93 bits per heavy atom. The molecule has 3 heterocycles. The lowest BCUT2D eigenvalue weighted by atomic mass is 10.1. The number of pyridine rings is 1. The van der Waals surface area contributed by atoms with E-state index in [1.54, 1.807) is 23.2 Å². The van der Waals surface area contributed by atoms with Gasteiger partial charge in [0.1, 0.15) is 6.61 Å². The number of carboxylic acids is 1. The van der Waals surface area contributed by atoms with Crippen molar-refractivity contribution in [3.63, 3.8) is 0 Å². The highest BCUT2D eigenvalue weighted by Crippen LogP contribution is 2.38. The number of hydrogen-bond acceptors (Lipinski definition) is 6. The molecular weight excluding hydrogens is 374 g/mol. The lowest BCUT2D eigenvalue weighted by molar-refractivity contribution is 0.0695. The summed E-state index contributed by atoms with van der Waals surface area (Å²) in [4.78, 5) is 34.4. The van der Waals surface area contributed by atoms with Crippen LogP contribution in [0.4, 0.5) is 5.69 Å². The van der Waals surface area contributed by atoms with E-state index in [0.29, 0.717) is 41.4 Å². The van der Waals surface area contributed by atoms with Crippen LogP contribution in [0.15, 0.2) is 47.6 Å². The third-order valence-corrected chi connectivity index (χ3v) is 4.89. The summed E-state index contributed by atoms with van der Waals surface area (Å²) in [6.07, 6.45) is 3.88. The molecule has 4 rings (SSSR count). The van der Waals surface area contributed by atoms with Gasteiger partial charge >= 0.3 is 5.97 Å². The molecule has 8 heteroatoms. The van der Waals surface area contributed by atoms with Crippen molar-refractivity contribution in [2.75, 3.05) is 13.7 Å². The molecule has 1 aromatic carbocycles. The molecule has 2 aliphatic rings. The van der Waals surface area contributed by atoms with Crippen LogP contribution in [0.2, 0.25) is 0 Å². The van der Waals surface area contributed by atoms with Crippen LogP contribution in [0.3, 0.4) is 0 Å². The lowest BCUT2D eigenvalue weighted by Gasteiger charge is -2.20. The Labute approximate surface area is 167 Å². The van der Waals surface area contributed by atoms with Gasteiger partial charge in [-0.2, -0.15) is 0 Å². The molecule has 1 saturated heterocycles. The monoisotopic (exact) mass is 393 g/mol. The van der Waals surface area contributed by atoms with Gasteiger partial charge in [-0.05, 0) is 24.6 Å². The molecule has 0 unspecified atom stereocenters. The highest BCUT2D eigenvalue weighted by molar-refractivity contribution is 6.03. The molecule has 2 aliphatic heterocycles. The minimum Gasteiger partial charge on any atom is -0.493 e. The van der Waals surface area contributed by atoms with Crippen LogP contribution in [0.1, 0.15) is 32.8 Å². The van der Waals surface area contributed by atoms with Gasteiger partial charge in [-0.15, -0.1) is 0 Å². The van der Waals surface area contributed by atoms with E-state index < -0.39 is 5.97 Å². The van der Waals surface area contributed by atoms with Crippen molar-refractivity contribution in [2.45, 2.75) is 19.1 Å². The van der Waals surface area contributed by atoms with Crippen LogP contribution in [0.25, 0.3) is 0 Å². The molecule has 1 N–H and O–H groups in total. The van der Waals surface area contributed by atoms with E-state index in [2.05, 4.69) is 16.6 Å². The van der Waals surface area contributed by atoms with Crippen molar-refractivity contribution in [3.05, 3.63) is 59.4 Å². The van der Waals surface area contributed by atoms with E-state index in [9.17, 15) is 9.59 Å². The molecule has 0 bridgehead atoms. The number of rotatable bonds is 5. The first-order valence-corrected chi connectivity index (χ1v) is 9.01. The SMILES string of the molecule is C=C1C[C@H]2C=Nc3cc(OCc4cc(C(=O)O)ccn4)c(OC)cc3C(=O)N2C1. The van der Waals surface area contributed by atoms with E-state index in [4.69, 9.17) is 14.6 Å². The van der Waals surface area contributed by atoms with Gasteiger partial charge < -0.3 is 19.5 Å². The number of fused-ring (bicyclic) bond motifs is 2. The number of carbonyl (C=O) groups is 2. The third-order valence-electron chi connectivity index (χ3n) is 4.89. The Kier molecular flexibility index (Phi) is 4.75. The number of aromatic carboxylic acids is 1. The maximum Gasteiger partial charge on any atom is 0.335 e. The summed E-state index contributed by atoms with van der Waals surface area (Å²) >= 11 is 0. The second-order valence-corrected chi connectivity index (χ2v) is 6.88. The van der Waals surface area contributed by atoms with Gasteiger partial charge in [0.2, 0.25) is 0 Å². The van der Waals surface area contributed by atoms with E-state index in [1.165, 1.54) is 25.4 Å². The lowest BCUT2D eigenvalue weighted by Crippen LogP contribution is -2.35. The molecule has 0 aliphatic carbocycles. The Morgan fingerprint density at radius 1 is 1.34 bits per heavy atom. The molecular formula is C21H19N3O5. The van der Waals surface area contributed by atoms with Crippen LogP contribution >= 0.6 is 0 Å². The standard InChI is InChI=1S/C21H19N3O5/c1-12-5-15-9-23-17-8-19(18(28-2)7-16(17)20(25)24(15)10-12)29-11-14-6-13(21(26)27)3-4-22-14/h3-4,6-9,15H,1,5,10-11H2,2H3,(H,26,27)/t15-/m0/s1. The summed E-state index contributed by atoms with van der Waals surface area (Å²) in [7, 11) is 1.49. The fourth-order valence-corrected chi connectivity index (χ4v) is 3.45. The van der Waals surface area contributed by atoms with E-state index in [1.807, 2.05) is 0 Å². The maximum absolute atomic E-state index is 13.0. The molecule has 0 spiro atoms. The zero-order valence-corrected chi connectivity index (χ0v) is 15.8. The first kappa shape index (κ1) is 18.7. The highest BCUT2D eigenvalue weighted by Gasteiger charge is 2.34. The molecule has 0 radical (unpaired) electrons. The normalized spacial score (nSPS) is 17.6. The van der Waals surface area contributed by atoms with Gasteiger partial charge in [0.25, 0.3) is 5.91 Å². The van der Waals surface area contributed by atoms with Crippen molar-refractivity contribution in [3.8, 4) is 11.5 Å². The average molecular weight is 393 g/mol. The summed E-state index contributed by atoms with van der Waals surface area (Å²) in [6, 6.07) is 6.04. The van der Waals surface area contributed by atoms with Gasteiger partial charge in [0.05, 0.1) is 35.7 Å². The van der Waals surface area contributed by atoms with Crippen LogP contribution in [0, 0.1) is 0 Å². The van der Waals surface area contributed by atoms with Gasteiger partial charge in [0, 0.05) is 25.0 Å². The zero-order valence-electron chi connectivity index (χ0n) is 15.8. The van der Waals surface area contributed by atoms with Crippen molar-refractivity contribution in [2.24, 2.45) is 4.99 Å². The summed E-state index contributed by atoms with van der Waals surface area (Å²) in [5.41, 5.74) is 2.53. The van der Waals surface area contributed by atoms with Crippen LogP contribution in [-0.4, -0.2) is 52.8 Å². The molecule has 1 atom stereocenters. The van der Waals surface area contributed by atoms with Crippen LogP contribution < -0.4 is 9.47 Å². The number of carbonyl (C=O) groups excluding carboxylic acids is 1. The van der Waals surface area contributed by atoms with Gasteiger partial charge in [-0.3, -0.25) is 14.8 Å². The minimum atomic E-state index is -1.03. The quantitative estimate of drug-likeness (QED) is 0.784. The number of ether oxygens (including phenoxy) is 2. The van der Waals surface area contributed by atoms with E-state index in [-0.39, 0.29) is 24.1 Å². The van der Waals surface area contributed by atoms with Crippen molar-refractivity contribution < 1.29 is 24.2 Å². The number of aromatic nitrogens is 1. The zero-order chi connectivity index (χ0) is 20.5. The van der Waals surface area contributed by atoms with Gasteiger partial charge in [0.15, 0.2) is 11.5 Å². The van der Waals surface area contributed by atoms with Gasteiger partial charge in [-0.25, -0.2) is 4.79 Å². The third kappa shape index (κ3) is 3.56. The van der Waals surface area contributed by atoms with Crippen molar-refractivity contribution >= 4 is 23.8 Å². The molecule has 1 fully saturated rings. The molecule has 8 nitrogen and oxygen atoms in total. The molecule has 2 aromatic rings. The summed E-state index contributed by atoms with van der Waals surface area (Å²) in [6.45, 7) is 4.53. The fourth-order valence-electron chi connectivity index (χ4n) is 3.45. The molecule has 0 saturated carbocycles. The Bertz CT molecular complexity index is 1050. The van der Waals surface area contributed by atoms with E-state index in [0.717, 1.165) is 5.57 Å². The first-order valence-electron chi connectivity index (χ1n) is 9.01. The van der Waals surface area contributed by atoms with Crippen LogP contribution in [-0.2, 0) is 6.61 Å². The summed E-state index contributed by atoms with van der Waals surface area (Å²) in [5.74, 6) is -0.377. The fraction of sp³-hybridized carbons (Fsp3) is 0.238. The second kappa shape index (κ2) is 7.38. The van der Waals surface area contributed by atoms with Crippen LogP contribution in [0.5, 0.6) is 11.5 Å². The summed E-state index contributed by atoms with van der Waals surface area (Å²) < 4.78 is 11.2. The number of hydrogen-bond donors (Lipinski definition) is 1. The molecule has 1 amide bonds. The largest absolute Gasteiger partial charge is 0.493 e. The average Bonchev–Trinajstić information content (AvgIpc) is 3.05. The Hall–Kier alpha value is -3.68. The Morgan fingerprint density at radius 2 is 2.17 bits per heavy atom. The number of aliphatic imine (C=N–C) groups is 1.